The van der Waals surface area contributed by atoms with Crippen LogP contribution in [0, 0.1) is 17.2 Å². The lowest BCUT2D eigenvalue weighted by Crippen LogP contribution is -2.51. The minimum atomic E-state index is 0.287. The quantitative estimate of drug-likeness (QED) is 0.815. The second-order valence-corrected chi connectivity index (χ2v) is 5.46. The zero-order valence-corrected chi connectivity index (χ0v) is 11.5. The second kappa shape index (κ2) is 5.49. The smallest absolute Gasteiger partial charge is 0.225 e. The number of nitrogens with zero attached hydrogens (tertiary/aromatic N) is 4. The maximum Gasteiger partial charge on any atom is 0.225 e. The van der Waals surface area contributed by atoms with Crippen LogP contribution in [-0.4, -0.2) is 42.0 Å². The Labute approximate surface area is 118 Å². The largest absolute Gasteiger partial charge is 0.353 e. The Morgan fingerprint density at radius 1 is 1.25 bits per heavy atom. The van der Waals surface area contributed by atoms with Crippen molar-refractivity contribution < 1.29 is 4.79 Å². The topological polar surface area (TPSA) is 60.2 Å². The summed E-state index contributed by atoms with van der Waals surface area (Å²) in [5.41, 5.74) is 0.576. The average molecular weight is 270 g/mol. The van der Waals surface area contributed by atoms with E-state index in [-0.39, 0.29) is 5.92 Å². The molecule has 104 valence electrons. The van der Waals surface area contributed by atoms with Gasteiger partial charge in [0, 0.05) is 38.3 Å². The van der Waals surface area contributed by atoms with Crippen molar-refractivity contribution in [2.45, 2.75) is 19.3 Å². The molecule has 3 rings (SSSR count). The van der Waals surface area contributed by atoms with Crippen molar-refractivity contribution >= 4 is 11.7 Å². The van der Waals surface area contributed by atoms with Gasteiger partial charge < -0.3 is 9.80 Å². The SMILES string of the molecule is N#Cc1ccc(N2CCN(C(=O)C3CCC3)CC2)nc1. The summed E-state index contributed by atoms with van der Waals surface area (Å²) in [6.07, 6.45) is 4.93. The molecule has 1 amide bonds. The van der Waals surface area contributed by atoms with Crippen LogP contribution in [0.5, 0.6) is 0 Å². The minimum Gasteiger partial charge on any atom is -0.353 e. The first kappa shape index (κ1) is 12.9. The fourth-order valence-electron chi connectivity index (χ4n) is 2.71. The normalized spacial score (nSPS) is 19.4. The maximum atomic E-state index is 12.2. The summed E-state index contributed by atoms with van der Waals surface area (Å²) in [7, 11) is 0. The Morgan fingerprint density at radius 3 is 2.50 bits per heavy atom. The van der Waals surface area contributed by atoms with Gasteiger partial charge in [0.05, 0.1) is 5.56 Å². The van der Waals surface area contributed by atoms with Gasteiger partial charge >= 0.3 is 0 Å². The Bertz CT molecular complexity index is 522. The summed E-state index contributed by atoms with van der Waals surface area (Å²) in [6.45, 7) is 3.18. The van der Waals surface area contributed by atoms with Crippen LogP contribution in [0.1, 0.15) is 24.8 Å². The van der Waals surface area contributed by atoms with Gasteiger partial charge in [0.2, 0.25) is 5.91 Å². The molecular formula is C15H18N4O. The van der Waals surface area contributed by atoms with Gasteiger partial charge in [-0.15, -0.1) is 0 Å². The third kappa shape index (κ3) is 2.46. The number of amides is 1. The highest BCUT2D eigenvalue weighted by atomic mass is 16.2. The van der Waals surface area contributed by atoms with Gasteiger partial charge in [-0.25, -0.2) is 4.98 Å². The molecule has 0 N–H and O–H groups in total. The molecule has 20 heavy (non-hydrogen) atoms. The van der Waals surface area contributed by atoms with Crippen molar-refractivity contribution in [1.29, 1.82) is 5.26 Å². The highest BCUT2D eigenvalue weighted by Gasteiger charge is 2.31. The molecule has 1 aliphatic heterocycles. The highest BCUT2D eigenvalue weighted by molar-refractivity contribution is 5.79. The van der Waals surface area contributed by atoms with Gasteiger partial charge in [-0.05, 0) is 25.0 Å². The zero-order chi connectivity index (χ0) is 13.9. The summed E-state index contributed by atoms with van der Waals surface area (Å²) >= 11 is 0. The Morgan fingerprint density at radius 2 is 2.00 bits per heavy atom. The molecule has 0 radical (unpaired) electrons. The molecule has 5 heteroatoms. The summed E-state index contributed by atoms with van der Waals surface area (Å²) in [4.78, 5) is 20.6. The van der Waals surface area contributed by atoms with E-state index in [1.54, 1.807) is 12.3 Å². The van der Waals surface area contributed by atoms with E-state index in [9.17, 15) is 4.79 Å². The second-order valence-electron chi connectivity index (χ2n) is 5.46. The van der Waals surface area contributed by atoms with Crippen molar-refractivity contribution in [3.8, 4) is 6.07 Å². The third-order valence-corrected chi connectivity index (χ3v) is 4.25. The van der Waals surface area contributed by atoms with Crippen LogP contribution < -0.4 is 4.90 Å². The lowest BCUT2D eigenvalue weighted by molar-refractivity contribution is -0.138. The van der Waals surface area contributed by atoms with Crippen molar-refractivity contribution in [2.75, 3.05) is 31.1 Å². The van der Waals surface area contributed by atoms with Crippen LogP contribution in [0.15, 0.2) is 18.3 Å². The number of aromatic nitrogens is 1. The van der Waals surface area contributed by atoms with Crippen LogP contribution in [0.4, 0.5) is 5.82 Å². The molecule has 0 bridgehead atoms. The van der Waals surface area contributed by atoms with E-state index >= 15 is 0 Å². The first-order valence-electron chi connectivity index (χ1n) is 7.18. The van der Waals surface area contributed by atoms with Crippen LogP contribution in [0.25, 0.3) is 0 Å². The van der Waals surface area contributed by atoms with Crippen LogP contribution in [-0.2, 0) is 4.79 Å². The predicted molar refractivity (Wildman–Crippen MR) is 75.1 cm³/mol. The van der Waals surface area contributed by atoms with Gasteiger partial charge in [-0.2, -0.15) is 5.26 Å². The van der Waals surface area contributed by atoms with Gasteiger partial charge in [0.1, 0.15) is 11.9 Å². The van der Waals surface area contributed by atoms with E-state index in [0.717, 1.165) is 44.8 Å². The number of nitriles is 1. The third-order valence-electron chi connectivity index (χ3n) is 4.25. The number of rotatable bonds is 2. The molecule has 5 nitrogen and oxygen atoms in total. The molecule has 1 saturated carbocycles. The van der Waals surface area contributed by atoms with E-state index < -0.39 is 0 Å². The lowest BCUT2D eigenvalue weighted by atomic mass is 9.84. The van der Waals surface area contributed by atoms with Crippen LogP contribution >= 0.6 is 0 Å². The molecule has 1 aromatic rings. The number of hydrogen-bond acceptors (Lipinski definition) is 4. The van der Waals surface area contributed by atoms with Crippen molar-refractivity contribution in [2.24, 2.45) is 5.92 Å². The average Bonchev–Trinajstić information content (AvgIpc) is 2.46. The Kier molecular flexibility index (Phi) is 3.55. The molecular weight excluding hydrogens is 252 g/mol. The summed E-state index contributed by atoms with van der Waals surface area (Å²) in [5, 5.41) is 8.77. The fourth-order valence-corrected chi connectivity index (χ4v) is 2.71. The van der Waals surface area contributed by atoms with Gasteiger partial charge in [-0.3, -0.25) is 4.79 Å². The molecule has 0 aromatic carbocycles. The molecule has 2 heterocycles. The highest BCUT2D eigenvalue weighted by Crippen LogP contribution is 2.28. The molecule has 2 fully saturated rings. The molecule has 1 saturated heterocycles. The first-order valence-corrected chi connectivity index (χ1v) is 7.18. The summed E-state index contributed by atoms with van der Waals surface area (Å²) < 4.78 is 0. The molecule has 0 spiro atoms. The zero-order valence-electron chi connectivity index (χ0n) is 11.5. The Balaban J connectivity index is 1.57. The summed E-state index contributed by atoms with van der Waals surface area (Å²) in [6, 6.07) is 5.73. The van der Waals surface area contributed by atoms with Crippen molar-refractivity contribution in [3.05, 3.63) is 23.9 Å². The van der Waals surface area contributed by atoms with Crippen LogP contribution in [0.2, 0.25) is 0 Å². The molecule has 0 atom stereocenters. The number of carbonyl (C=O) groups excluding carboxylic acids is 1. The molecule has 2 aliphatic rings. The van der Waals surface area contributed by atoms with Crippen molar-refractivity contribution in [3.63, 3.8) is 0 Å². The first-order chi connectivity index (χ1) is 9.78. The molecule has 0 unspecified atom stereocenters. The fraction of sp³-hybridized carbons (Fsp3) is 0.533. The number of carbonyl (C=O) groups is 1. The van der Waals surface area contributed by atoms with Gasteiger partial charge in [-0.1, -0.05) is 6.42 Å². The maximum absolute atomic E-state index is 12.2. The van der Waals surface area contributed by atoms with E-state index in [1.165, 1.54) is 6.42 Å². The summed E-state index contributed by atoms with van der Waals surface area (Å²) in [5.74, 6) is 1.51. The monoisotopic (exact) mass is 270 g/mol. The minimum absolute atomic E-state index is 0.287. The van der Waals surface area contributed by atoms with Gasteiger partial charge in [0.15, 0.2) is 0 Å². The number of pyridine rings is 1. The number of anilines is 1. The van der Waals surface area contributed by atoms with Crippen molar-refractivity contribution in [1.82, 2.24) is 9.88 Å². The lowest BCUT2D eigenvalue weighted by Gasteiger charge is -2.38. The van der Waals surface area contributed by atoms with E-state index in [0.29, 0.717) is 11.5 Å². The standard InChI is InChI=1S/C15H18N4O/c16-10-12-4-5-14(17-11-12)18-6-8-19(9-7-18)15(20)13-2-1-3-13/h4-5,11,13H,1-3,6-9H2. The predicted octanol–water partition coefficient (Wildman–Crippen LogP) is 1.40. The Hall–Kier alpha value is -2.09. The van der Waals surface area contributed by atoms with Gasteiger partial charge in [0.25, 0.3) is 0 Å². The number of hydrogen-bond donors (Lipinski definition) is 0. The number of piperazine rings is 1. The molecule has 1 aromatic heterocycles. The van der Waals surface area contributed by atoms with E-state index in [4.69, 9.17) is 5.26 Å². The molecule has 1 aliphatic carbocycles. The van der Waals surface area contributed by atoms with E-state index in [2.05, 4.69) is 16.0 Å². The van der Waals surface area contributed by atoms with E-state index in [1.807, 2.05) is 11.0 Å². The van der Waals surface area contributed by atoms with Crippen LogP contribution in [0.3, 0.4) is 0 Å².